The molecule has 90 valence electrons. The summed E-state index contributed by atoms with van der Waals surface area (Å²) in [5.74, 6) is -1.90. The highest BCUT2D eigenvalue weighted by Gasteiger charge is 2.44. The first kappa shape index (κ1) is 11.5. The lowest BCUT2D eigenvalue weighted by molar-refractivity contribution is -0.166. The Morgan fingerprint density at radius 1 is 1.18 bits per heavy atom. The summed E-state index contributed by atoms with van der Waals surface area (Å²) in [6, 6.07) is 8.20. The lowest BCUT2D eigenvalue weighted by Gasteiger charge is -2.20. The van der Waals surface area contributed by atoms with E-state index >= 15 is 0 Å². The number of nitrogens with zero attached hydrogens (tertiary/aromatic N) is 1. The predicted molar refractivity (Wildman–Crippen MR) is 54.3 cm³/mol. The zero-order valence-electron chi connectivity index (χ0n) is 8.45. The van der Waals surface area contributed by atoms with Gasteiger partial charge in [0.1, 0.15) is 5.70 Å². The minimum absolute atomic E-state index is 0.432. The van der Waals surface area contributed by atoms with Gasteiger partial charge in [0.2, 0.25) is 0 Å². The number of hydrogen-bond donors (Lipinski definition) is 2. The van der Waals surface area contributed by atoms with Crippen LogP contribution in [0, 0.1) is 0 Å². The quantitative estimate of drug-likeness (QED) is 0.826. The molecule has 1 aromatic rings. The summed E-state index contributed by atoms with van der Waals surface area (Å²) >= 11 is 0. The number of alkyl halides is 3. The summed E-state index contributed by atoms with van der Waals surface area (Å²) in [4.78, 5) is 11.1. The van der Waals surface area contributed by atoms with E-state index in [0.29, 0.717) is 5.69 Å². The summed E-state index contributed by atoms with van der Waals surface area (Å²) in [5, 5.41) is 1.04. The van der Waals surface area contributed by atoms with E-state index in [9.17, 15) is 18.0 Å². The van der Waals surface area contributed by atoms with E-state index in [1.807, 2.05) is 0 Å². The van der Waals surface area contributed by atoms with Crippen molar-refractivity contribution in [2.45, 2.75) is 6.18 Å². The van der Waals surface area contributed by atoms with Crippen LogP contribution >= 0.6 is 0 Å². The number of halogens is 3. The summed E-state index contributed by atoms with van der Waals surface area (Å²) < 4.78 is 37.0. The molecular formula is C10H8F3N3O. The third-order valence-corrected chi connectivity index (χ3v) is 2.13. The zero-order chi connectivity index (χ0) is 12.5. The van der Waals surface area contributed by atoms with Crippen LogP contribution in [0.5, 0.6) is 0 Å². The molecule has 4 nitrogen and oxygen atoms in total. The molecule has 0 atom stereocenters. The van der Waals surface area contributed by atoms with Crippen molar-refractivity contribution in [2.24, 2.45) is 0 Å². The number of ketones is 1. The van der Waals surface area contributed by atoms with Gasteiger partial charge in [-0.1, -0.05) is 18.2 Å². The summed E-state index contributed by atoms with van der Waals surface area (Å²) in [7, 11) is 0. The van der Waals surface area contributed by atoms with Crippen LogP contribution < -0.4 is 16.0 Å². The third-order valence-electron chi connectivity index (χ3n) is 2.13. The summed E-state index contributed by atoms with van der Waals surface area (Å²) in [6.07, 6.45) is -3.92. The van der Waals surface area contributed by atoms with Crippen LogP contribution in [0.2, 0.25) is 0 Å². The average molecular weight is 243 g/mol. The number of rotatable bonds is 2. The highest BCUT2D eigenvalue weighted by atomic mass is 19.4. The molecule has 0 saturated carbocycles. The van der Waals surface area contributed by atoms with Crippen LogP contribution in [0.3, 0.4) is 0 Å². The highest BCUT2D eigenvalue weighted by Crippen LogP contribution is 2.26. The molecule has 17 heavy (non-hydrogen) atoms. The van der Waals surface area contributed by atoms with E-state index in [0.717, 1.165) is 11.2 Å². The van der Waals surface area contributed by atoms with Gasteiger partial charge < -0.3 is 5.43 Å². The number of carbonyl (C=O) groups is 1. The number of nitrogens with one attached hydrogen (secondary N) is 2. The molecule has 0 bridgehead atoms. The van der Waals surface area contributed by atoms with Crippen molar-refractivity contribution in [3.63, 3.8) is 0 Å². The Labute approximate surface area is 94.7 Å². The SMILES string of the molecule is O=C(C1=CNNN1c1ccccc1)C(F)(F)F. The number of benzene rings is 1. The molecule has 0 fully saturated rings. The first-order chi connectivity index (χ1) is 8.00. The smallest absolute Gasteiger partial charge is 0.309 e. The van der Waals surface area contributed by atoms with Crippen LogP contribution in [-0.2, 0) is 4.79 Å². The molecule has 1 heterocycles. The van der Waals surface area contributed by atoms with Crippen molar-refractivity contribution >= 4 is 11.5 Å². The molecule has 0 amide bonds. The van der Waals surface area contributed by atoms with Crippen LogP contribution in [0.15, 0.2) is 42.2 Å². The fraction of sp³-hybridized carbons (Fsp3) is 0.100. The van der Waals surface area contributed by atoms with Gasteiger partial charge in [0, 0.05) is 6.20 Å². The molecule has 0 aromatic heterocycles. The van der Waals surface area contributed by atoms with E-state index in [1.165, 1.54) is 0 Å². The van der Waals surface area contributed by atoms with Crippen LogP contribution in [-0.4, -0.2) is 12.0 Å². The van der Waals surface area contributed by atoms with Crippen LogP contribution in [0.4, 0.5) is 18.9 Å². The number of hydrazine groups is 2. The maximum absolute atomic E-state index is 12.3. The van der Waals surface area contributed by atoms with Crippen molar-refractivity contribution in [2.75, 3.05) is 5.01 Å². The molecule has 0 aliphatic carbocycles. The average Bonchev–Trinajstić information content (AvgIpc) is 2.76. The van der Waals surface area contributed by atoms with Gasteiger partial charge in [0.15, 0.2) is 0 Å². The minimum Gasteiger partial charge on any atom is -0.309 e. The Bertz CT molecular complexity index is 456. The molecule has 2 N–H and O–H groups in total. The molecule has 0 saturated heterocycles. The van der Waals surface area contributed by atoms with Gasteiger partial charge in [-0.25, -0.2) is 0 Å². The van der Waals surface area contributed by atoms with Gasteiger partial charge in [-0.05, 0) is 12.1 Å². The largest absolute Gasteiger partial charge is 0.456 e. The van der Waals surface area contributed by atoms with Crippen LogP contribution in [0.1, 0.15) is 0 Å². The molecule has 0 spiro atoms. The van der Waals surface area contributed by atoms with Crippen LogP contribution in [0.25, 0.3) is 0 Å². The Morgan fingerprint density at radius 2 is 1.82 bits per heavy atom. The van der Waals surface area contributed by atoms with Crippen molar-refractivity contribution in [3.8, 4) is 0 Å². The van der Waals surface area contributed by atoms with Crippen molar-refractivity contribution < 1.29 is 18.0 Å². The normalized spacial score (nSPS) is 15.5. The second-order valence-electron chi connectivity index (χ2n) is 3.28. The number of carbonyl (C=O) groups excluding carboxylic acids is 1. The molecule has 2 rings (SSSR count). The van der Waals surface area contributed by atoms with E-state index < -0.39 is 17.7 Å². The zero-order valence-corrected chi connectivity index (χ0v) is 8.45. The molecule has 1 aliphatic rings. The molecule has 0 radical (unpaired) electrons. The van der Waals surface area contributed by atoms with Gasteiger partial charge in [0.05, 0.1) is 5.69 Å². The fourth-order valence-electron chi connectivity index (χ4n) is 1.38. The number of allylic oxidation sites excluding steroid dienone is 1. The first-order valence-electron chi connectivity index (χ1n) is 4.68. The monoisotopic (exact) mass is 243 g/mol. The fourth-order valence-corrected chi connectivity index (χ4v) is 1.38. The van der Waals surface area contributed by atoms with Gasteiger partial charge >= 0.3 is 6.18 Å². The van der Waals surface area contributed by atoms with E-state index in [-0.39, 0.29) is 0 Å². The maximum atomic E-state index is 12.3. The Kier molecular flexibility index (Phi) is 2.76. The van der Waals surface area contributed by atoms with Crippen molar-refractivity contribution in [1.29, 1.82) is 0 Å². The molecule has 0 unspecified atom stereocenters. The standard InChI is InChI=1S/C10H8F3N3O/c11-10(12,13)9(17)8-6-14-15-16(8)7-4-2-1-3-5-7/h1-6,14-15H. The Hall–Kier alpha value is -2.02. The van der Waals surface area contributed by atoms with Gasteiger partial charge in [0.25, 0.3) is 5.78 Å². The highest BCUT2D eigenvalue weighted by molar-refractivity contribution is 6.02. The van der Waals surface area contributed by atoms with E-state index in [4.69, 9.17) is 0 Å². The minimum atomic E-state index is -4.90. The lowest BCUT2D eigenvalue weighted by atomic mass is 10.2. The number of para-hydroxylation sites is 1. The summed E-state index contributed by atoms with van der Waals surface area (Å²) in [5.41, 5.74) is 4.75. The lowest BCUT2D eigenvalue weighted by Crippen LogP contribution is -2.41. The second kappa shape index (κ2) is 4.10. The first-order valence-corrected chi connectivity index (χ1v) is 4.68. The maximum Gasteiger partial charge on any atom is 0.456 e. The topological polar surface area (TPSA) is 44.4 Å². The molecular weight excluding hydrogens is 235 g/mol. The Balaban J connectivity index is 2.28. The second-order valence-corrected chi connectivity index (χ2v) is 3.28. The molecule has 1 aromatic carbocycles. The van der Waals surface area contributed by atoms with Gasteiger partial charge in [-0.2, -0.15) is 13.2 Å². The number of anilines is 1. The number of Topliss-reactive ketones (excluding diaryl/α,β-unsaturated/α-hetero) is 1. The van der Waals surface area contributed by atoms with Gasteiger partial charge in [-0.15, -0.1) is 5.53 Å². The van der Waals surface area contributed by atoms with E-state index in [2.05, 4.69) is 11.0 Å². The van der Waals surface area contributed by atoms with Crippen molar-refractivity contribution in [3.05, 3.63) is 42.2 Å². The number of hydrogen-bond acceptors (Lipinski definition) is 4. The Morgan fingerprint density at radius 3 is 2.41 bits per heavy atom. The van der Waals surface area contributed by atoms with E-state index in [1.54, 1.807) is 30.3 Å². The van der Waals surface area contributed by atoms with Gasteiger partial charge in [-0.3, -0.25) is 9.80 Å². The molecule has 1 aliphatic heterocycles. The van der Waals surface area contributed by atoms with Crippen molar-refractivity contribution in [1.82, 2.24) is 11.0 Å². The predicted octanol–water partition coefficient (Wildman–Crippen LogP) is 1.49. The molecule has 7 heteroatoms. The summed E-state index contributed by atoms with van der Waals surface area (Å²) in [6.45, 7) is 0. The third kappa shape index (κ3) is 2.23.